The average molecular weight is 431 g/mol. The van der Waals surface area contributed by atoms with Crippen LogP contribution in [-0.2, 0) is 19.4 Å². The van der Waals surface area contributed by atoms with Crippen LogP contribution in [0.1, 0.15) is 31.7 Å². The zero-order valence-corrected chi connectivity index (χ0v) is 17.8. The van der Waals surface area contributed by atoms with Gasteiger partial charge in [-0.05, 0) is 59.9 Å². The van der Waals surface area contributed by atoms with Crippen LogP contribution in [0.15, 0.2) is 52.9 Å². The topological polar surface area (TPSA) is 89.9 Å². The molecule has 1 aliphatic rings. The standard InChI is InChI=1S/C23H26O6S/c1-2-3-11-28-12-13-29-21-7-4-17(5-8-21)18-6-9-22-20(15-18)16-19(23(24)25)10-14-30(22,26)27/h4-9,15-16H,2-3,10-14H2,1H3,(H,24,25). The van der Waals surface area contributed by atoms with Gasteiger partial charge in [-0.1, -0.05) is 31.5 Å². The van der Waals surface area contributed by atoms with E-state index in [2.05, 4.69) is 6.92 Å². The molecule has 0 saturated heterocycles. The Hall–Kier alpha value is -2.64. The van der Waals surface area contributed by atoms with Crippen molar-refractivity contribution >= 4 is 21.9 Å². The fourth-order valence-corrected chi connectivity index (χ4v) is 4.68. The number of benzene rings is 2. The van der Waals surface area contributed by atoms with Crippen molar-refractivity contribution in [2.24, 2.45) is 0 Å². The molecule has 30 heavy (non-hydrogen) atoms. The van der Waals surface area contributed by atoms with Gasteiger partial charge in [-0.2, -0.15) is 0 Å². The zero-order valence-electron chi connectivity index (χ0n) is 17.0. The highest BCUT2D eigenvalue weighted by Crippen LogP contribution is 2.31. The van der Waals surface area contributed by atoms with Crippen molar-refractivity contribution in [1.82, 2.24) is 0 Å². The third-order valence-corrected chi connectivity index (χ3v) is 6.70. The molecular weight excluding hydrogens is 404 g/mol. The normalized spacial score (nSPS) is 15.0. The highest BCUT2D eigenvalue weighted by Gasteiger charge is 2.24. The van der Waals surface area contributed by atoms with Gasteiger partial charge in [0.15, 0.2) is 9.84 Å². The monoisotopic (exact) mass is 430 g/mol. The molecule has 6 nitrogen and oxygen atoms in total. The van der Waals surface area contributed by atoms with Gasteiger partial charge in [-0.25, -0.2) is 13.2 Å². The summed E-state index contributed by atoms with van der Waals surface area (Å²) in [6.45, 7) is 3.87. The van der Waals surface area contributed by atoms with Crippen LogP contribution >= 0.6 is 0 Å². The Morgan fingerprint density at radius 3 is 2.47 bits per heavy atom. The Morgan fingerprint density at radius 1 is 1.03 bits per heavy atom. The van der Waals surface area contributed by atoms with E-state index in [4.69, 9.17) is 9.47 Å². The van der Waals surface area contributed by atoms with Crippen molar-refractivity contribution in [1.29, 1.82) is 0 Å². The first-order chi connectivity index (χ1) is 14.4. The van der Waals surface area contributed by atoms with Gasteiger partial charge in [0.25, 0.3) is 0 Å². The van der Waals surface area contributed by atoms with E-state index in [-0.39, 0.29) is 22.6 Å². The van der Waals surface area contributed by atoms with Crippen molar-refractivity contribution in [3.63, 3.8) is 0 Å². The van der Waals surface area contributed by atoms with E-state index >= 15 is 0 Å². The molecule has 1 N–H and O–H groups in total. The van der Waals surface area contributed by atoms with Crippen LogP contribution in [0.4, 0.5) is 0 Å². The number of rotatable bonds is 9. The van der Waals surface area contributed by atoms with Crippen molar-refractivity contribution in [2.45, 2.75) is 31.1 Å². The molecule has 0 aromatic heterocycles. The maximum atomic E-state index is 12.5. The average Bonchev–Trinajstić information content (AvgIpc) is 2.86. The first kappa shape index (κ1) is 22.1. The molecule has 0 atom stereocenters. The van der Waals surface area contributed by atoms with Gasteiger partial charge < -0.3 is 14.6 Å². The van der Waals surface area contributed by atoms with Crippen molar-refractivity contribution in [3.05, 3.63) is 53.6 Å². The number of carboxylic acid groups (broad SMARTS) is 1. The van der Waals surface area contributed by atoms with Gasteiger partial charge in [0.2, 0.25) is 0 Å². The molecule has 0 saturated carbocycles. The summed E-state index contributed by atoms with van der Waals surface area (Å²) in [4.78, 5) is 11.6. The number of unbranched alkanes of at least 4 members (excludes halogenated alkanes) is 1. The molecule has 2 aromatic rings. The predicted octanol–water partition coefficient (Wildman–Crippen LogP) is 4.19. The minimum absolute atomic E-state index is 0.00409. The maximum Gasteiger partial charge on any atom is 0.331 e. The van der Waals surface area contributed by atoms with Crippen LogP contribution in [0.2, 0.25) is 0 Å². The first-order valence-electron chi connectivity index (χ1n) is 10.0. The summed E-state index contributed by atoms with van der Waals surface area (Å²) in [5, 5.41) is 9.32. The van der Waals surface area contributed by atoms with Gasteiger partial charge in [-0.3, -0.25) is 0 Å². The molecule has 0 spiro atoms. The number of carbonyl (C=O) groups is 1. The molecule has 160 valence electrons. The largest absolute Gasteiger partial charge is 0.491 e. The predicted molar refractivity (Wildman–Crippen MR) is 115 cm³/mol. The number of aliphatic carboxylic acids is 1. The molecule has 1 aliphatic heterocycles. The second-order valence-electron chi connectivity index (χ2n) is 7.13. The lowest BCUT2D eigenvalue weighted by atomic mass is 10.0. The second kappa shape index (κ2) is 9.91. The number of ether oxygens (including phenoxy) is 2. The summed E-state index contributed by atoms with van der Waals surface area (Å²) in [7, 11) is -3.52. The summed E-state index contributed by atoms with van der Waals surface area (Å²) in [6, 6.07) is 12.5. The maximum absolute atomic E-state index is 12.5. The number of carboxylic acids is 1. The Bertz CT molecular complexity index is 1020. The lowest BCUT2D eigenvalue weighted by molar-refractivity contribution is -0.132. The van der Waals surface area contributed by atoms with Crippen LogP contribution in [0, 0.1) is 0 Å². The van der Waals surface area contributed by atoms with E-state index in [0.717, 1.165) is 36.3 Å². The van der Waals surface area contributed by atoms with E-state index in [1.807, 2.05) is 24.3 Å². The first-order valence-corrected chi connectivity index (χ1v) is 11.7. The van der Waals surface area contributed by atoms with Crippen LogP contribution in [0.5, 0.6) is 5.75 Å². The molecule has 0 amide bonds. The molecule has 0 bridgehead atoms. The van der Waals surface area contributed by atoms with Gasteiger partial charge >= 0.3 is 5.97 Å². The number of hydrogen-bond acceptors (Lipinski definition) is 5. The Kier molecular flexibility index (Phi) is 7.29. The second-order valence-corrected chi connectivity index (χ2v) is 9.21. The fraction of sp³-hybridized carbons (Fsp3) is 0.348. The van der Waals surface area contributed by atoms with E-state index < -0.39 is 15.8 Å². The highest BCUT2D eigenvalue weighted by atomic mass is 32.2. The van der Waals surface area contributed by atoms with Crippen LogP contribution in [-0.4, -0.2) is 45.1 Å². The minimum Gasteiger partial charge on any atom is -0.491 e. The van der Waals surface area contributed by atoms with E-state index in [0.29, 0.717) is 18.8 Å². The van der Waals surface area contributed by atoms with Gasteiger partial charge in [0.1, 0.15) is 12.4 Å². The molecule has 1 heterocycles. The number of hydrogen-bond donors (Lipinski definition) is 1. The molecular formula is C23H26O6S. The van der Waals surface area contributed by atoms with E-state index in [1.165, 1.54) is 6.08 Å². The summed E-state index contributed by atoms with van der Waals surface area (Å²) >= 11 is 0. The van der Waals surface area contributed by atoms with Gasteiger partial charge in [0.05, 0.1) is 17.3 Å². The van der Waals surface area contributed by atoms with Gasteiger partial charge in [-0.15, -0.1) is 0 Å². The molecule has 0 radical (unpaired) electrons. The Morgan fingerprint density at radius 2 is 1.77 bits per heavy atom. The summed E-state index contributed by atoms with van der Waals surface area (Å²) < 4.78 is 36.1. The summed E-state index contributed by atoms with van der Waals surface area (Å²) in [6.07, 6.45) is 3.60. The van der Waals surface area contributed by atoms with Crippen molar-refractivity contribution in [2.75, 3.05) is 25.6 Å². The summed E-state index contributed by atoms with van der Waals surface area (Å²) in [5.41, 5.74) is 2.20. The fourth-order valence-electron chi connectivity index (χ4n) is 3.22. The van der Waals surface area contributed by atoms with Crippen molar-refractivity contribution < 1.29 is 27.8 Å². The zero-order chi connectivity index (χ0) is 21.6. The molecule has 0 fully saturated rings. The molecule has 2 aromatic carbocycles. The third kappa shape index (κ3) is 5.49. The molecule has 7 heteroatoms. The number of sulfone groups is 1. The van der Waals surface area contributed by atoms with E-state index in [9.17, 15) is 18.3 Å². The Balaban J connectivity index is 1.75. The number of fused-ring (bicyclic) bond motifs is 1. The molecule has 0 unspecified atom stereocenters. The SMILES string of the molecule is CCCCOCCOc1ccc(-c2ccc3c(c2)C=C(C(=O)O)CCS3(=O)=O)cc1. The Labute approximate surface area is 177 Å². The summed E-state index contributed by atoms with van der Waals surface area (Å²) in [5.74, 6) is -0.571. The van der Waals surface area contributed by atoms with Crippen molar-refractivity contribution in [3.8, 4) is 16.9 Å². The van der Waals surface area contributed by atoms with Crippen LogP contribution in [0.3, 0.4) is 0 Å². The third-order valence-electron chi connectivity index (χ3n) is 4.92. The lowest BCUT2D eigenvalue weighted by Gasteiger charge is -2.10. The van der Waals surface area contributed by atoms with Gasteiger partial charge in [0, 0.05) is 12.2 Å². The quantitative estimate of drug-likeness (QED) is 0.600. The minimum atomic E-state index is -3.52. The lowest BCUT2D eigenvalue weighted by Crippen LogP contribution is -2.08. The van der Waals surface area contributed by atoms with Crippen LogP contribution in [0.25, 0.3) is 17.2 Å². The molecule has 0 aliphatic carbocycles. The highest BCUT2D eigenvalue weighted by molar-refractivity contribution is 7.91. The van der Waals surface area contributed by atoms with E-state index in [1.54, 1.807) is 18.2 Å². The molecule has 3 rings (SSSR count). The van der Waals surface area contributed by atoms with Crippen LogP contribution < -0.4 is 4.74 Å². The smallest absolute Gasteiger partial charge is 0.331 e.